The number of nitrogens with zero attached hydrogens (tertiary/aromatic N) is 2. The average molecular weight is 342 g/mol. The lowest BCUT2D eigenvalue weighted by atomic mass is 10.2. The second kappa shape index (κ2) is 8.05. The summed E-state index contributed by atoms with van der Waals surface area (Å²) in [5, 5.41) is 16.7. The van der Waals surface area contributed by atoms with Crippen LogP contribution in [0.1, 0.15) is 44.7 Å². The zero-order valence-corrected chi connectivity index (χ0v) is 14.9. The van der Waals surface area contributed by atoms with Gasteiger partial charge in [-0.3, -0.25) is 0 Å². The van der Waals surface area contributed by atoms with Crippen LogP contribution in [0.3, 0.4) is 0 Å². The Hall–Kier alpha value is -2.50. The second-order valence-electron chi connectivity index (χ2n) is 6.50. The minimum Gasteiger partial charge on any atom is -0.504 e. The number of nitrogens with one attached hydrogen (secondary N) is 2. The van der Waals surface area contributed by atoms with Crippen LogP contribution in [0, 0.1) is 6.92 Å². The number of ether oxygens (including phenoxy) is 1. The monoisotopic (exact) mass is 342 g/mol. The Balaban J connectivity index is 1.71. The van der Waals surface area contributed by atoms with Gasteiger partial charge in [-0.05, 0) is 38.3 Å². The smallest absolute Gasteiger partial charge is 0.225 e. The fourth-order valence-electron chi connectivity index (χ4n) is 3.03. The number of rotatable bonds is 7. The molecular weight excluding hydrogens is 316 g/mol. The maximum absolute atomic E-state index is 10.1. The van der Waals surface area contributed by atoms with Crippen LogP contribution in [-0.2, 0) is 0 Å². The Morgan fingerprint density at radius 1 is 1.20 bits per heavy atom. The van der Waals surface area contributed by atoms with Crippen LogP contribution in [0.15, 0.2) is 24.3 Å². The third-order valence-corrected chi connectivity index (χ3v) is 4.24. The number of anilines is 3. The minimum atomic E-state index is 0.119. The lowest BCUT2D eigenvalue weighted by Gasteiger charge is -2.14. The summed E-state index contributed by atoms with van der Waals surface area (Å²) in [5.41, 5.74) is 1.65. The van der Waals surface area contributed by atoms with E-state index in [-0.39, 0.29) is 5.75 Å². The van der Waals surface area contributed by atoms with E-state index in [4.69, 9.17) is 4.74 Å². The van der Waals surface area contributed by atoms with Gasteiger partial charge in [0.05, 0.1) is 6.61 Å². The summed E-state index contributed by atoms with van der Waals surface area (Å²) >= 11 is 0. The Labute approximate surface area is 148 Å². The van der Waals surface area contributed by atoms with Gasteiger partial charge in [0.15, 0.2) is 11.5 Å². The zero-order chi connectivity index (χ0) is 17.6. The summed E-state index contributed by atoms with van der Waals surface area (Å²) in [6.45, 7) is 4.56. The van der Waals surface area contributed by atoms with Gasteiger partial charge >= 0.3 is 0 Å². The van der Waals surface area contributed by atoms with Crippen molar-refractivity contribution < 1.29 is 9.84 Å². The van der Waals surface area contributed by atoms with Crippen molar-refractivity contribution >= 4 is 17.5 Å². The molecule has 1 aliphatic carbocycles. The second-order valence-corrected chi connectivity index (χ2v) is 6.50. The average Bonchev–Trinajstić information content (AvgIpc) is 3.06. The van der Waals surface area contributed by atoms with Crippen molar-refractivity contribution in [3.05, 3.63) is 30.0 Å². The van der Waals surface area contributed by atoms with Gasteiger partial charge in [-0.15, -0.1) is 0 Å². The maximum atomic E-state index is 10.1. The van der Waals surface area contributed by atoms with Crippen LogP contribution < -0.4 is 15.4 Å². The van der Waals surface area contributed by atoms with Gasteiger partial charge in [-0.1, -0.05) is 19.8 Å². The van der Waals surface area contributed by atoms with E-state index in [0.29, 0.717) is 30.2 Å². The molecule has 0 radical (unpaired) electrons. The number of phenolic OH excluding ortho intramolecular Hbond substituents is 1. The van der Waals surface area contributed by atoms with E-state index >= 15 is 0 Å². The summed E-state index contributed by atoms with van der Waals surface area (Å²) in [7, 11) is 0. The molecule has 1 saturated carbocycles. The summed E-state index contributed by atoms with van der Waals surface area (Å²) in [4.78, 5) is 9.02. The Morgan fingerprint density at radius 3 is 2.72 bits per heavy atom. The number of aryl methyl sites for hydroxylation is 1. The lowest BCUT2D eigenvalue weighted by Crippen LogP contribution is -2.17. The molecule has 0 spiro atoms. The minimum absolute atomic E-state index is 0.119. The summed E-state index contributed by atoms with van der Waals surface area (Å²) in [5.74, 6) is 1.97. The molecule has 1 fully saturated rings. The number of benzene rings is 1. The number of aromatic nitrogens is 2. The molecule has 1 aromatic carbocycles. The third kappa shape index (κ3) is 4.75. The third-order valence-electron chi connectivity index (χ3n) is 4.24. The molecule has 0 amide bonds. The first kappa shape index (κ1) is 17.3. The van der Waals surface area contributed by atoms with E-state index in [1.54, 1.807) is 12.1 Å². The first-order chi connectivity index (χ1) is 12.1. The van der Waals surface area contributed by atoms with Gasteiger partial charge in [-0.25, -0.2) is 4.98 Å². The predicted molar refractivity (Wildman–Crippen MR) is 99.8 cm³/mol. The predicted octanol–water partition coefficient (Wildman–Crippen LogP) is 4.38. The van der Waals surface area contributed by atoms with Crippen molar-refractivity contribution in [1.29, 1.82) is 0 Å². The van der Waals surface area contributed by atoms with E-state index < -0.39 is 0 Å². The molecule has 1 aliphatic rings. The largest absolute Gasteiger partial charge is 0.504 e. The van der Waals surface area contributed by atoms with Crippen LogP contribution >= 0.6 is 0 Å². The SMILES string of the molecule is CCCOc1ccc(Nc2cc(C)nc(NC3CCCC3)n2)cc1O. The van der Waals surface area contributed by atoms with E-state index in [0.717, 1.165) is 17.8 Å². The molecule has 2 aromatic rings. The van der Waals surface area contributed by atoms with Crippen molar-refractivity contribution in [3.8, 4) is 11.5 Å². The molecule has 0 atom stereocenters. The Kier molecular flexibility index (Phi) is 5.58. The highest BCUT2D eigenvalue weighted by Gasteiger charge is 2.16. The lowest BCUT2D eigenvalue weighted by molar-refractivity contribution is 0.299. The van der Waals surface area contributed by atoms with Crippen molar-refractivity contribution in [2.45, 2.75) is 52.0 Å². The molecule has 25 heavy (non-hydrogen) atoms. The normalized spacial score (nSPS) is 14.5. The molecule has 3 N–H and O–H groups in total. The quantitative estimate of drug-likeness (QED) is 0.693. The molecule has 0 saturated heterocycles. The van der Waals surface area contributed by atoms with Crippen LogP contribution in [-0.4, -0.2) is 27.7 Å². The summed E-state index contributed by atoms with van der Waals surface area (Å²) in [6.07, 6.45) is 5.78. The molecule has 134 valence electrons. The first-order valence-electron chi connectivity index (χ1n) is 8.99. The Morgan fingerprint density at radius 2 is 2.00 bits per heavy atom. The van der Waals surface area contributed by atoms with E-state index in [1.165, 1.54) is 25.7 Å². The molecule has 3 rings (SSSR count). The highest BCUT2D eigenvalue weighted by Crippen LogP contribution is 2.30. The number of phenols is 1. The highest BCUT2D eigenvalue weighted by atomic mass is 16.5. The fourth-order valence-corrected chi connectivity index (χ4v) is 3.03. The van der Waals surface area contributed by atoms with Gasteiger partial charge in [0.2, 0.25) is 5.95 Å². The maximum Gasteiger partial charge on any atom is 0.225 e. The molecule has 6 heteroatoms. The highest BCUT2D eigenvalue weighted by molar-refractivity contribution is 5.62. The van der Waals surface area contributed by atoms with Crippen LogP contribution in [0.5, 0.6) is 11.5 Å². The zero-order valence-electron chi connectivity index (χ0n) is 14.9. The number of aromatic hydroxyl groups is 1. The van der Waals surface area contributed by atoms with Gasteiger partial charge in [0, 0.05) is 29.6 Å². The molecule has 1 aromatic heterocycles. The van der Waals surface area contributed by atoms with Crippen molar-refractivity contribution in [2.75, 3.05) is 17.2 Å². The molecule has 0 aliphatic heterocycles. The topological polar surface area (TPSA) is 79.3 Å². The molecule has 6 nitrogen and oxygen atoms in total. The first-order valence-corrected chi connectivity index (χ1v) is 8.99. The van der Waals surface area contributed by atoms with E-state index in [9.17, 15) is 5.11 Å². The Bertz CT molecular complexity index is 715. The van der Waals surface area contributed by atoms with Gasteiger partial charge < -0.3 is 20.5 Å². The molecule has 0 bridgehead atoms. The molecule has 1 heterocycles. The van der Waals surface area contributed by atoms with Gasteiger partial charge in [0.1, 0.15) is 5.82 Å². The van der Waals surface area contributed by atoms with Crippen LogP contribution in [0.4, 0.5) is 17.5 Å². The summed E-state index contributed by atoms with van der Waals surface area (Å²) < 4.78 is 5.49. The van der Waals surface area contributed by atoms with Crippen molar-refractivity contribution in [1.82, 2.24) is 9.97 Å². The van der Waals surface area contributed by atoms with Gasteiger partial charge in [-0.2, -0.15) is 4.98 Å². The summed E-state index contributed by atoms with van der Waals surface area (Å²) in [6, 6.07) is 7.63. The van der Waals surface area contributed by atoms with Crippen LogP contribution in [0.2, 0.25) is 0 Å². The molecular formula is C19H26N4O2. The van der Waals surface area contributed by atoms with Crippen molar-refractivity contribution in [2.24, 2.45) is 0 Å². The molecule has 0 unspecified atom stereocenters. The van der Waals surface area contributed by atoms with Crippen LogP contribution in [0.25, 0.3) is 0 Å². The standard InChI is InChI=1S/C19H26N4O2/c1-3-10-25-17-9-8-15(12-16(17)24)21-18-11-13(2)20-19(23-18)22-14-6-4-5-7-14/h8-9,11-12,14,24H,3-7,10H2,1-2H3,(H2,20,21,22,23). The van der Waals surface area contributed by atoms with Gasteiger partial charge in [0.25, 0.3) is 0 Å². The van der Waals surface area contributed by atoms with E-state index in [1.807, 2.05) is 26.0 Å². The van der Waals surface area contributed by atoms with E-state index in [2.05, 4.69) is 20.6 Å². The van der Waals surface area contributed by atoms with Crippen molar-refractivity contribution in [3.63, 3.8) is 0 Å². The fraction of sp³-hybridized carbons (Fsp3) is 0.474. The number of hydrogen-bond acceptors (Lipinski definition) is 6. The number of hydrogen-bond donors (Lipinski definition) is 3.